The minimum atomic E-state index is -0.570. The van der Waals surface area contributed by atoms with Crippen molar-refractivity contribution in [2.24, 2.45) is 5.73 Å². The standard InChI is InChI=1S/C8H16N4O/c1-6(13)8-11-10-7(2)12(8)5-3-4-9/h6,13H,3-5,9H2,1-2H3. The van der Waals surface area contributed by atoms with Crippen LogP contribution < -0.4 is 5.73 Å². The Morgan fingerprint density at radius 1 is 1.54 bits per heavy atom. The average molecular weight is 184 g/mol. The molecule has 74 valence electrons. The second-order valence-electron chi connectivity index (χ2n) is 3.08. The number of aliphatic hydroxyl groups excluding tert-OH is 1. The van der Waals surface area contributed by atoms with Gasteiger partial charge >= 0.3 is 0 Å². The van der Waals surface area contributed by atoms with E-state index in [-0.39, 0.29) is 0 Å². The Kier molecular flexibility index (Phi) is 3.39. The van der Waals surface area contributed by atoms with E-state index in [9.17, 15) is 5.11 Å². The van der Waals surface area contributed by atoms with Crippen LogP contribution in [0.3, 0.4) is 0 Å². The number of rotatable bonds is 4. The number of aryl methyl sites for hydroxylation is 1. The van der Waals surface area contributed by atoms with Crippen molar-refractivity contribution in [1.82, 2.24) is 14.8 Å². The van der Waals surface area contributed by atoms with Gasteiger partial charge in [0.05, 0.1) is 0 Å². The first kappa shape index (κ1) is 10.1. The number of hydrogen-bond acceptors (Lipinski definition) is 4. The molecule has 0 spiro atoms. The van der Waals surface area contributed by atoms with Gasteiger partial charge in [0, 0.05) is 6.54 Å². The molecule has 0 bridgehead atoms. The van der Waals surface area contributed by atoms with E-state index in [0.29, 0.717) is 12.4 Å². The lowest BCUT2D eigenvalue weighted by molar-refractivity contribution is 0.183. The topological polar surface area (TPSA) is 77.0 Å². The minimum absolute atomic E-state index is 0.570. The van der Waals surface area contributed by atoms with Gasteiger partial charge in [0.25, 0.3) is 0 Å². The van der Waals surface area contributed by atoms with Gasteiger partial charge < -0.3 is 15.4 Å². The maximum Gasteiger partial charge on any atom is 0.161 e. The van der Waals surface area contributed by atoms with Gasteiger partial charge in [-0.25, -0.2) is 0 Å². The third-order valence-corrected chi connectivity index (χ3v) is 1.92. The van der Waals surface area contributed by atoms with Crippen LogP contribution in [0.25, 0.3) is 0 Å². The van der Waals surface area contributed by atoms with E-state index in [1.165, 1.54) is 0 Å². The summed E-state index contributed by atoms with van der Waals surface area (Å²) in [5.74, 6) is 1.44. The zero-order valence-corrected chi connectivity index (χ0v) is 8.06. The molecule has 0 radical (unpaired) electrons. The molecule has 5 nitrogen and oxygen atoms in total. The molecule has 1 rings (SSSR count). The third kappa shape index (κ3) is 2.26. The van der Waals surface area contributed by atoms with Gasteiger partial charge in [-0.2, -0.15) is 0 Å². The summed E-state index contributed by atoms with van der Waals surface area (Å²) in [5, 5.41) is 17.2. The maximum atomic E-state index is 9.36. The molecule has 0 amide bonds. The van der Waals surface area contributed by atoms with Gasteiger partial charge in [0.15, 0.2) is 5.82 Å². The molecule has 1 heterocycles. The lowest BCUT2D eigenvalue weighted by Gasteiger charge is -2.08. The van der Waals surface area contributed by atoms with Crippen molar-refractivity contribution in [3.8, 4) is 0 Å². The lowest BCUT2D eigenvalue weighted by Crippen LogP contribution is -2.11. The summed E-state index contributed by atoms with van der Waals surface area (Å²) in [4.78, 5) is 0. The van der Waals surface area contributed by atoms with E-state index in [1.807, 2.05) is 11.5 Å². The fraction of sp³-hybridized carbons (Fsp3) is 0.750. The van der Waals surface area contributed by atoms with E-state index in [0.717, 1.165) is 18.8 Å². The van der Waals surface area contributed by atoms with E-state index in [2.05, 4.69) is 10.2 Å². The Labute approximate surface area is 77.6 Å². The molecule has 1 unspecified atom stereocenters. The van der Waals surface area contributed by atoms with Crippen molar-refractivity contribution in [3.63, 3.8) is 0 Å². The van der Waals surface area contributed by atoms with Crippen LogP contribution in [-0.2, 0) is 6.54 Å². The van der Waals surface area contributed by atoms with Crippen LogP contribution in [0.4, 0.5) is 0 Å². The molecule has 1 aromatic heterocycles. The van der Waals surface area contributed by atoms with Crippen molar-refractivity contribution in [2.45, 2.75) is 32.9 Å². The molecule has 0 aliphatic rings. The number of nitrogens with two attached hydrogens (primary N) is 1. The van der Waals surface area contributed by atoms with Crippen LogP contribution in [-0.4, -0.2) is 26.4 Å². The second-order valence-corrected chi connectivity index (χ2v) is 3.08. The highest BCUT2D eigenvalue weighted by molar-refractivity contribution is 4.96. The summed E-state index contributed by atoms with van der Waals surface area (Å²) in [6.45, 7) is 4.96. The highest BCUT2D eigenvalue weighted by Crippen LogP contribution is 2.10. The first-order chi connectivity index (χ1) is 6.16. The molecule has 13 heavy (non-hydrogen) atoms. The van der Waals surface area contributed by atoms with Gasteiger partial charge in [-0.05, 0) is 26.8 Å². The average Bonchev–Trinajstić information content (AvgIpc) is 2.43. The Morgan fingerprint density at radius 3 is 2.77 bits per heavy atom. The van der Waals surface area contributed by atoms with Gasteiger partial charge in [0.2, 0.25) is 0 Å². The molecule has 0 fully saturated rings. The summed E-state index contributed by atoms with van der Waals surface area (Å²) in [5.41, 5.74) is 5.40. The van der Waals surface area contributed by atoms with E-state index in [4.69, 9.17) is 5.73 Å². The largest absolute Gasteiger partial charge is 0.385 e. The SMILES string of the molecule is Cc1nnc(C(C)O)n1CCCN. The lowest BCUT2D eigenvalue weighted by atomic mass is 10.3. The third-order valence-electron chi connectivity index (χ3n) is 1.92. The second kappa shape index (κ2) is 4.34. The number of nitrogens with zero attached hydrogens (tertiary/aromatic N) is 3. The predicted molar refractivity (Wildman–Crippen MR) is 49.1 cm³/mol. The smallest absolute Gasteiger partial charge is 0.161 e. The molecule has 1 atom stereocenters. The van der Waals surface area contributed by atoms with Crippen LogP contribution in [0.5, 0.6) is 0 Å². The Hall–Kier alpha value is -0.940. The Balaban J connectivity index is 2.82. The summed E-state index contributed by atoms with van der Waals surface area (Å²) in [6, 6.07) is 0. The van der Waals surface area contributed by atoms with Crippen molar-refractivity contribution in [2.75, 3.05) is 6.54 Å². The van der Waals surface area contributed by atoms with Crippen LogP contribution >= 0.6 is 0 Å². The quantitative estimate of drug-likeness (QED) is 0.690. The van der Waals surface area contributed by atoms with Gasteiger partial charge in [-0.15, -0.1) is 10.2 Å². The van der Waals surface area contributed by atoms with Crippen molar-refractivity contribution in [1.29, 1.82) is 0 Å². The highest BCUT2D eigenvalue weighted by atomic mass is 16.3. The monoisotopic (exact) mass is 184 g/mol. The first-order valence-corrected chi connectivity index (χ1v) is 4.44. The van der Waals surface area contributed by atoms with E-state index in [1.54, 1.807) is 6.92 Å². The van der Waals surface area contributed by atoms with Gasteiger partial charge in [-0.1, -0.05) is 0 Å². The van der Waals surface area contributed by atoms with Crippen LogP contribution in [0.2, 0.25) is 0 Å². The maximum absolute atomic E-state index is 9.36. The Morgan fingerprint density at radius 2 is 2.23 bits per heavy atom. The molecule has 0 saturated heterocycles. The zero-order valence-electron chi connectivity index (χ0n) is 8.06. The van der Waals surface area contributed by atoms with Crippen LogP contribution in [0.15, 0.2) is 0 Å². The highest BCUT2D eigenvalue weighted by Gasteiger charge is 2.12. The molecular weight excluding hydrogens is 168 g/mol. The molecule has 5 heteroatoms. The summed E-state index contributed by atoms with van der Waals surface area (Å²) < 4.78 is 1.90. The van der Waals surface area contributed by atoms with Crippen molar-refractivity contribution < 1.29 is 5.11 Å². The van der Waals surface area contributed by atoms with Crippen molar-refractivity contribution in [3.05, 3.63) is 11.6 Å². The summed E-state index contributed by atoms with van der Waals surface area (Å²) in [7, 11) is 0. The predicted octanol–water partition coefficient (Wildman–Crippen LogP) is -0.0114. The Bertz CT molecular complexity index is 269. The minimum Gasteiger partial charge on any atom is -0.385 e. The fourth-order valence-corrected chi connectivity index (χ4v) is 1.23. The fourth-order valence-electron chi connectivity index (χ4n) is 1.23. The summed E-state index contributed by atoms with van der Waals surface area (Å²) >= 11 is 0. The molecule has 0 aliphatic heterocycles. The normalized spacial score (nSPS) is 13.2. The molecule has 0 aromatic carbocycles. The molecule has 3 N–H and O–H groups in total. The van der Waals surface area contributed by atoms with Gasteiger partial charge in [0.1, 0.15) is 11.9 Å². The van der Waals surface area contributed by atoms with Crippen LogP contribution in [0, 0.1) is 6.92 Å². The first-order valence-electron chi connectivity index (χ1n) is 4.44. The number of hydrogen-bond donors (Lipinski definition) is 2. The van der Waals surface area contributed by atoms with Crippen molar-refractivity contribution >= 4 is 0 Å². The summed E-state index contributed by atoms with van der Waals surface area (Å²) in [6.07, 6.45) is 0.303. The molecular formula is C8H16N4O. The van der Waals surface area contributed by atoms with Crippen LogP contribution in [0.1, 0.15) is 31.1 Å². The van der Waals surface area contributed by atoms with E-state index >= 15 is 0 Å². The molecule has 0 saturated carbocycles. The number of aliphatic hydroxyl groups is 1. The van der Waals surface area contributed by atoms with Gasteiger partial charge in [-0.3, -0.25) is 0 Å². The number of aromatic nitrogens is 3. The zero-order chi connectivity index (χ0) is 9.84. The van der Waals surface area contributed by atoms with E-state index < -0.39 is 6.10 Å². The molecule has 0 aliphatic carbocycles. The molecule has 1 aromatic rings.